The molecule has 0 N–H and O–H groups in total. The van der Waals surface area contributed by atoms with Gasteiger partial charge in [0, 0.05) is 19.2 Å². The van der Waals surface area contributed by atoms with Crippen molar-refractivity contribution in [2.75, 3.05) is 22.8 Å². The highest BCUT2D eigenvalue weighted by atomic mass is 16.5. The van der Waals surface area contributed by atoms with Crippen LogP contribution >= 0.6 is 0 Å². The fourth-order valence-electron chi connectivity index (χ4n) is 3.52. The van der Waals surface area contributed by atoms with E-state index in [-0.39, 0.29) is 7.19 Å². The van der Waals surface area contributed by atoms with Crippen LogP contribution in [0, 0.1) is 6.92 Å². The fourth-order valence-corrected chi connectivity index (χ4v) is 3.52. The molecule has 5 heteroatoms. The lowest BCUT2D eigenvalue weighted by Gasteiger charge is -2.20. The molecule has 0 atom stereocenters. The molecular weight excluding hydrogens is 273 g/mol. The Labute approximate surface area is 132 Å². The number of anilines is 3. The van der Waals surface area contributed by atoms with Crippen molar-refractivity contribution in [2.45, 2.75) is 19.8 Å². The van der Waals surface area contributed by atoms with Gasteiger partial charge in [-0.3, -0.25) is 0 Å². The van der Waals surface area contributed by atoms with Crippen LogP contribution in [0.2, 0.25) is 0 Å². The summed E-state index contributed by atoms with van der Waals surface area (Å²) in [7, 11) is 2.05. The molecular formula is C17H21BN3O+. The minimum atomic E-state index is -0.0350. The molecule has 4 rings (SSSR count). The summed E-state index contributed by atoms with van der Waals surface area (Å²) in [4.78, 5) is 4.75. The molecule has 4 nitrogen and oxygen atoms in total. The molecule has 0 amide bonds. The second kappa shape index (κ2) is 5.32. The third kappa shape index (κ3) is 2.00. The summed E-state index contributed by atoms with van der Waals surface area (Å²) in [6.07, 6.45) is 4.40. The molecule has 3 heterocycles. The predicted octanol–water partition coefficient (Wildman–Crippen LogP) is 2.57. The van der Waals surface area contributed by atoms with Crippen LogP contribution in [0.25, 0.3) is 0 Å². The Morgan fingerprint density at radius 1 is 1.14 bits per heavy atom. The topological polar surface area (TPSA) is 19.6 Å². The molecule has 0 radical (unpaired) electrons. The lowest BCUT2D eigenvalue weighted by molar-refractivity contribution is -0.658. The zero-order chi connectivity index (χ0) is 15.1. The molecule has 0 saturated carbocycles. The zero-order valence-electron chi connectivity index (χ0n) is 13.2. The van der Waals surface area contributed by atoms with Crippen molar-refractivity contribution >= 4 is 24.4 Å². The minimum absolute atomic E-state index is 0.0350. The summed E-state index contributed by atoms with van der Waals surface area (Å²) >= 11 is 0. The van der Waals surface area contributed by atoms with Crippen molar-refractivity contribution < 1.29 is 9.22 Å². The van der Waals surface area contributed by atoms with Crippen LogP contribution in [0.15, 0.2) is 42.6 Å². The Balaban J connectivity index is 1.91. The molecule has 1 aromatic carbocycles. The van der Waals surface area contributed by atoms with Crippen molar-refractivity contribution in [1.82, 2.24) is 0 Å². The van der Waals surface area contributed by atoms with Gasteiger partial charge in [-0.1, -0.05) is 18.2 Å². The van der Waals surface area contributed by atoms with E-state index in [4.69, 9.17) is 4.65 Å². The second-order valence-electron chi connectivity index (χ2n) is 6.08. The summed E-state index contributed by atoms with van der Waals surface area (Å²) in [6, 6.07) is 12.9. The van der Waals surface area contributed by atoms with Crippen LogP contribution in [0.1, 0.15) is 18.4 Å². The lowest BCUT2D eigenvalue weighted by atomic mass is 9.96. The maximum Gasteiger partial charge on any atom is 0.679 e. The SMILES string of the molecule is Cc1cccc2c1N(c1cccc[n+]1C)B1OCCCCN12. The molecule has 0 spiro atoms. The molecule has 0 unspecified atom stereocenters. The molecule has 0 bridgehead atoms. The highest BCUT2D eigenvalue weighted by molar-refractivity contribution is 6.66. The number of para-hydroxylation sites is 1. The Morgan fingerprint density at radius 2 is 2.05 bits per heavy atom. The zero-order valence-corrected chi connectivity index (χ0v) is 13.2. The van der Waals surface area contributed by atoms with Crippen molar-refractivity contribution in [2.24, 2.45) is 7.05 Å². The quantitative estimate of drug-likeness (QED) is 0.595. The lowest BCUT2D eigenvalue weighted by Crippen LogP contribution is -2.51. The second-order valence-corrected chi connectivity index (χ2v) is 6.08. The number of benzene rings is 1. The molecule has 22 heavy (non-hydrogen) atoms. The molecule has 2 aromatic rings. The Kier molecular flexibility index (Phi) is 3.30. The van der Waals surface area contributed by atoms with Gasteiger partial charge < -0.3 is 9.47 Å². The standard InChI is InChI=1S/C17H21BN3O/c1-14-8-7-9-15-17(14)21(16-10-3-4-11-19(16)2)18-20(15)12-5-6-13-22-18/h3-4,7-11H,5-6,12-13H2,1-2H3/q+1. The third-order valence-corrected chi connectivity index (χ3v) is 4.59. The molecule has 1 aromatic heterocycles. The summed E-state index contributed by atoms with van der Waals surface area (Å²) < 4.78 is 8.39. The van der Waals surface area contributed by atoms with Crippen LogP contribution in [-0.4, -0.2) is 20.3 Å². The Morgan fingerprint density at radius 3 is 2.91 bits per heavy atom. The summed E-state index contributed by atoms with van der Waals surface area (Å²) in [6.45, 7) is 4.05. The van der Waals surface area contributed by atoms with E-state index < -0.39 is 0 Å². The van der Waals surface area contributed by atoms with E-state index in [2.05, 4.69) is 70.8 Å². The van der Waals surface area contributed by atoms with Gasteiger partial charge in [-0.15, -0.1) is 0 Å². The maximum absolute atomic E-state index is 6.22. The van der Waals surface area contributed by atoms with Gasteiger partial charge in [-0.2, -0.15) is 0 Å². The molecule has 2 aliphatic heterocycles. The van der Waals surface area contributed by atoms with E-state index in [9.17, 15) is 0 Å². The number of fused-ring (bicyclic) bond motifs is 3. The number of aryl methyl sites for hydroxylation is 2. The van der Waals surface area contributed by atoms with Crippen molar-refractivity contribution in [3.8, 4) is 0 Å². The van der Waals surface area contributed by atoms with E-state index >= 15 is 0 Å². The first-order valence-electron chi connectivity index (χ1n) is 7.99. The summed E-state index contributed by atoms with van der Waals surface area (Å²) in [5, 5.41) is 0. The largest absolute Gasteiger partial charge is 0.679 e. The monoisotopic (exact) mass is 294 g/mol. The molecule has 112 valence electrons. The van der Waals surface area contributed by atoms with Crippen LogP contribution in [-0.2, 0) is 11.7 Å². The maximum atomic E-state index is 6.22. The molecule has 1 saturated heterocycles. The van der Waals surface area contributed by atoms with Gasteiger partial charge in [0.15, 0.2) is 0 Å². The average molecular weight is 294 g/mol. The van der Waals surface area contributed by atoms with Gasteiger partial charge >= 0.3 is 7.19 Å². The number of hydrogen-bond acceptors (Lipinski definition) is 3. The van der Waals surface area contributed by atoms with E-state index in [1.807, 2.05) is 0 Å². The first kappa shape index (κ1) is 13.6. The average Bonchev–Trinajstić information content (AvgIpc) is 2.68. The fraction of sp³-hybridized carbons (Fsp3) is 0.353. The number of rotatable bonds is 1. The smallest absolute Gasteiger partial charge is 0.376 e. The highest BCUT2D eigenvalue weighted by Crippen LogP contribution is 2.44. The predicted molar refractivity (Wildman–Crippen MR) is 89.2 cm³/mol. The number of aromatic nitrogens is 1. The Bertz CT molecular complexity index is 706. The highest BCUT2D eigenvalue weighted by Gasteiger charge is 2.52. The van der Waals surface area contributed by atoms with Gasteiger partial charge in [0.25, 0.3) is 5.82 Å². The van der Waals surface area contributed by atoms with Gasteiger partial charge in [0.2, 0.25) is 0 Å². The van der Waals surface area contributed by atoms with Gasteiger partial charge in [0.1, 0.15) is 5.69 Å². The van der Waals surface area contributed by atoms with E-state index in [1.165, 1.54) is 23.4 Å². The number of nitrogens with zero attached hydrogens (tertiary/aromatic N) is 3. The molecule has 2 aliphatic rings. The molecule has 0 aliphatic carbocycles. The normalized spacial score (nSPS) is 17.3. The van der Waals surface area contributed by atoms with Crippen molar-refractivity contribution in [3.63, 3.8) is 0 Å². The van der Waals surface area contributed by atoms with Gasteiger partial charge in [0.05, 0.1) is 18.9 Å². The minimum Gasteiger partial charge on any atom is -0.376 e. The number of hydrogen-bond donors (Lipinski definition) is 0. The first-order valence-corrected chi connectivity index (χ1v) is 7.99. The number of pyridine rings is 1. The van der Waals surface area contributed by atoms with Crippen LogP contribution in [0.3, 0.4) is 0 Å². The molecule has 1 fully saturated rings. The van der Waals surface area contributed by atoms with E-state index in [1.54, 1.807) is 0 Å². The van der Waals surface area contributed by atoms with Gasteiger partial charge in [-0.05, 0) is 37.5 Å². The summed E-state index contributed by atoms with van der Waals surface area (Å²) in [5.41, 5.74) is 3.85. The third-order valence-electron chi connectivity index (χ3n) is 4.59. The first-order chi connectivity index (χ1) is 10.8. The van der Waals surface area contributed by atoms with E-state index in [0.29, 0.717) is 0 Å². The van der Waals surface area contributed by atoms with Crippen LogP contribution < -0.4 is 14.2 Å². The Hall–Kier alpha value is -2.01. The summed E-state index contributed by atoms with van der Waals surface area (Å²) in [5.74, 6) is 1.16. The van der Waals surface area contributed by atoms with E-state index in [0.717, 1.165) is 25.4 Å². The van der Waals surface area contributed by atoms with Crippen molar-refractivity contribution in [3.05, 3.63) is 48.2 Å². The van der Waals surface area contributed by atoms with Crippen LogP contribution in [0.4, 0.5) is 17.2 Å². The van der Waals surface area contributed by atoms with Crippen molar-refractivity contribution in [1.29, 1.82) is 0 Å². The van der Waals surface area contributed by atoms with Gasteiger partial charge in [-0.25, -0.2) is 9.38 Å². The van der Waals surface area contributed by atoms with Crippen LogP contribution in [0.5, 0.6) is 0 Å².